The van der Waals surface area contributed by atoms with Crippen molar-refractivity contribution in [3.63, 3.8) is 0 Å². The van der Waals surface area contributed by atoms with Crippen molar-refractivity contribution in [3.05, 3.63) is 47.9 Å². The number of ether oxygens (including phenoxy) is 1. The highest BCUT2D eigenvalue weighted by molar-refractivity contribution is 7.22. The summed E-state index contributed by atoms with van der Waals surface area (Å²) in [6.07, 6.45) is 8.63. The first-order valence-electron chi connectivity index (χ1n) is 8.54. The quantitative estimate of drug-likeness (QED) is 0.547. The van der Waals surface area contributed by atoms with Crippen molar-refractivity contribution in [1.82, 2.24) is 0 Å². The van der Waals surface area contributed by atoms with Gasteiger partial charge in [-0.1, -0.05) is 18.9 Å². The molecule has 0 unspecified atom stereocenters. The molecular weight excluding hydrogens is 320 g/mol. The Bertz CT molecular complexity index is 855. The number of hydrogen-bond acceptors (Lipinski definition) is 4. The van der Waals surface area contributed by atoms with E-state index in [0.29, 0.717) is 18.1 Å². The van der Waals surface area contributed by atoms with E-state index in [1.165, 1.54) is 41.5 Å². The number of esters is 1. The molecule has 0 saturated heterocycles. The molecule has 3 nitrogen and oxygen atoms in total. The average molecular weight is 340 g/mol. The fraction of sp³-hybridized carbons (Fsp3) is 0.350. The highest BCUT2D eigenvalue weighted by atomic mass is 32.1. The van der Waals surface area contributed by atoms with Crippen LogP contribution >= 0.6 is 11.3 Å². The summed E-state index contributed by atoms with van der Waals surface area (Å²) in [5.74, 6) is 0.358. The molecule has 4 rings (SSSR count). The normalized spacial score (nSPS) is 15.2. The van der Waals surface area contributed by atoms with Gasteiger partial charge >= 0.3 is 5.97 Å². The lowest BCUT2D eigenvalue weighted by Crippen LogP contribution is -2.04. The van der Waals surface area contributed by atoms with E-state index in [-0.39, 0.29) is 5.97 Å². The summed E-state index contributed by atoms with van der Waals surface area (Å²) in [6, 6.07) is 7.98. The van der Waals surface area contributed by atoms with Crippen molar-refractivity contribution in [2.45, 2.75) is 38.5 Å². The molecule has 0 spiro atoms. The number of carbonyl (C=O) groups excluding carboxylic acids is 1. The zero-order valence-corrected chi connectivity index (χ0v) is 14.5. The van der Waals surface area contributed by atoms with Gasteiger partial charge < -0.3 is 9.15 Å². The van der Waals surface area contributed by atoms with E-state index in [2.05, 4.69) is 6.07 Å². The van der Waals surface area contributed by atoms with Crippen molar-refractivity contribution in [3.8, 4) is 10.4 Å². The molecule has 1 saturated carbocycles. The first-order valence-corrected chi connectivity index (χ1v) is 9.35. The van der Waals surface area contributed by atoms with Gasteiger partial charge in [-0.15, -0.1) is 11.3 Å². The van der Waals surface area contributed by atoms with E-state index in [0.717, 1.165) is 10.3 Å². The Morgan fingerprint density at radius 3 is 2.83 bits per heavy atom. The van der Waals surface area contributed by atoms with Crippen LogP contribution in [-0.2, 0) is 4.74 Å². The predicted octanol–water partition coefficient (Wildman–Crippen LogP) is 6.00. The van der Waals surface area contributed by atoms with Crippen LogP contribution in [-0.4, -0.2) is 12.6 Å². The lowest BCUT2D eigenvalue weighted by Gasteiger charge is -2.11. The van der Waals surface area contributed by atoms with Crippen LogP contribution in [0, 0.1) is 0 Å². The fourth-order valence-corrected chi connectivity index (χ4v) is 5.00. The van der Waals surface area contributed by atoms with Gasteiger partial charge in [0.1, 0.15) is 0 Å². The number of benzene rings is 1. The Kier molecular flexibility index (Phi) is 4.15. The van der Waals surface area contributed by atoms with Gasteiger partial charge in [0.2, 0.25) is 0 Å². The maximum Gasteiger partial charge on any atom is 0.338 e. The Labute approximate surface area is 145 Å². The zero-order valence-electron chi connectivity index (χ0n) is 13.7. The van der Waals surface area contributed by atoms with Crippen LogP contribution in [0.2, 0.25) is 0 Å². The minimum absolute atomic E-state index is 0.250. The topological polar surface area (TPSA) is 39.4 Å². The van der Waals surface area contributed by atoms with Gasteiger partial charge in [0.05, 0.1) is 24.7 Å². The number of fused-ring (bicyclic) bond motifs is 1. The number of furan rings is 1. The summed E-state index contributed by atoms with van der Waals surface area (Å²) in [4.78, 5) is 13.3. The highest BCUT2D eigenvalue weighted by Crippen LogP contribution is 2.47. The largest absolute Gasteiger partial charge is 0.472 e. The maximum atomic E-state index is 12.0. The molecule has 0 N–H and O–H groups in total. The highest BCUT2D eigenvalue weighted by Gasteiger charge is 2.25. The van der Waals surface area contributed by atoms with Crippen LogP contribution in [0.25, 0.3) is 20.5 Å². The summed E-state index contributed by atoms with van der Waals surface area (Å²) < 4.78 is 11.6. The van der Waals surface area contributed by atoms with E-state index >= 15 is 0 Å². The first-order chi connectivity index (χ1) is 11.8. The number of hydrogen-bond donors (Lipinski definition) is 0. The number of rotatable bonds is 4. The van der Waals surface area contributed by atoms with E-state index in [1.54, 1.807) is 17.6 Å². The predicted molar refractivity (Wildman–Crippen MR) is 96.7 cm³/mol. The maximum absolute atomic E-state index is 12.0. The molecule has 1 aromatic carbocycles. The molecule has 1 aliphatic rings. The average Bonchev–Trinajstić information content (AvgIpc) is 3.33. The molecular formula is C20H20O3S. The zero-order chi connectivity index (χ0) is 16.5. The molecule has 0 aliphatic heterocycles. The molecule has 0 amide bonds. The molecule has 0 bridgehead atoms. The molecule has 0 atom stereocenters. The molecule has 2 aromatic heterocycles. The Morgan fingerprint density at radius 2 is 2.12 bits per heavy atom. The molecule has 2 heterocycles. The monoisotopic (exact) mass is 340 g/mol. The smallest absolute Gasteiger partial charge is 0.338 e. The van der Waals surface area contributed by atoms with Crippen LogP contribution in [0.1, 0.15) is 54.4 Å². The first kappa shape index (κ1) is 15.5. The third-order valence-corrected chi connectivity index (χ3v) is 6.00. The third kappa shape index (κ3) is 2.65. The summed E-state index contributed by atoms with van der Waals surface area (Å²) in [6.45, 7) is 2.23. The molecule has 0 radical (unpaired) electrons. The minimum atomic E-state index is -0.250. The van der Waals surface area contributed by atoms with Crippen LogP contribution in [0.5, 0.6) is 0 Å². The SMILES string of the molecule is CCOC(=O)c1ccc2c(C3CCCC3)c(-c3ccoc3)sc2c1. The Balaban J connectivity index is 1.86. The number of thiophene rings is 1. The summed E-state index contributed by atoms with van der Waals surface area (Å²) in [5.41, 5.74) is 3.20. The van der Waals surface area contributed by atoms with E-state index < -0.39 is 0 Å². The van der Waals surface area contributed by atoms with E-state index in [4.69, 9.17) is 9.15 Å². The Morgan fingerprint density at radius 1 is 1.29 bits per heavy atom. The lowest BCUT2D eigenvalue weighted by molar-refractivity contribution is 0.0526. The molecule has 3 aromatic rings. The van der Waals surface area contributed by atoms with Crippen molar-refractivity contribution < 1.29 is 13.9 Å². The second kappa shape index (κ2) is 6.44. The van der Waals surface area contributed by atoms with Crippen molar-refractivity contribution >= 4 is 27.4 Å². The second-order valence-electron chi connectivity index (χ2n) is 6.27. The van der Waals surface area contributed by atoms with Crippen molar-refractivity contribution in [1.29, 1.82) is 0 Å². The standard InChI is InChI=1S/C20H20O3S/c1-2-23-20(21)14-7-8-16-17(11-14)24-19(15-9-10-22-12-15)18(16)13-5-3-4-6-13/h7-13H,2-6H2,1H3. The van der Waals surface area contributed by atoms with Gasteiger partial charge in [-0.2, -0.15) is 0 Å². The summed E-state index contributed by atoms with van der Waals surface area (Å²) >= 11 is 1.75. The molecule has 1 aliphatic carbocycles. The van der Waals surface area contributed by atoms with Gasteiger partial charge in [-0.25, -0.2) is 4.79 Å². The van der Waals surface area contributed by atoms with Gasteiger partial charge in [-0.05, 0) is 54.8 Å². The van der Waals surface area contributed by atoms with Crippen LogP contribution < -0.4 is 0 Å². The summed E-state index contributed by atoms with van der Waals surface area (Å²) in [7, 11) is 0. The fourth-order valence-electron chi connectivity index (χ4n) is 3.69. The molecule has 4 heteroatoms. The van der Waals surface area contributed by atoms with Crippen LogP contribution in [0.3, 0.4) is 0 Å². The molecule has 24 heavy (non-hydrogen) atoms. The van der Waals surface area contributed by atoms with Crippen molar-refractivity contribution in [2.24, 2.45) is 0 Å². The van der Waals surface area contributed by atoms with Crippen LogP contribution in [0.15, 0.2) is 41.2 Å². The minimum Gasteiger partial charge on any atom is -0.472 e. The van der Waals surface area contributed by atoms with Crippen molar-refractivity contribution in [2.75, 3.05) is 6.61 Å². The van der Waals surface area contributed by atoms with E-state index in [1.807, 2.05) is 31.4 Å². The third-order valence-electron chi connectivity index (χ3n) is 4.79. The van der Waals surface area contributed by atoms with Gasteiger partial charge in [0.25, 0.3) is 0 Å². The lowest BCUT2D eigenvalue weighted by atomic mass is 9.93. The molecule has 124 valence electrons. The van der Waals surface area contributed by atoms with Crippen LogP contribution in [0.4, 0.5) is 0 Å². The second-order valence-corrected chi connectivity index (χ2v) is 7.32. The van der Waals surface area contributed by atoms with Gasteiger partial charge in [0.15, 0.2) is 0 Å². The number of carbonyl (C=O) groups is 1. The molecule has 1 fully saturated rings. The van der Waals surface area contributed by atoms with Gasteiger partial charge in [0, 0.05) is 15.1 Å². The van der Waals surface area contributed by atoms with Gasteiger partial charge in [-0.3, -0.25) is 0 Å². The van der Waals surface area contributed by atoms with E-state index in [9.17, 15) is 4.79 Å². The Hall–Kier alpha value is -2.07. The summed E-state index contributed by atoms with van der Waals surface area (Å²) in [5, 5.41) is 1.27.